The van der Waals surface area contributed by atoms with Gasteiger partial charge in [0, 0.05) is 5.92 Å². The monoisotopic (exact) mass is 243 g/mol. The average Bonchev–Trinajstić information content (AvgIpc) is 2.46. The third-order valence-electron chi connectivity index (χ3n) is 3.74. The zero-order chi connectivity index (χ0) is 13.2. The van der Waals surface area contributed by atoms with Crippen molar-refractivity contribution in [2.24, 2.45) is 0 Å². The van der Waals surface area contributed by atoms with Crippen LogP contribution in [0.4, 0.5) is 0 Å². The van der Waals surface area contributed by atoms with Crippen LogP contribution in [-0.4, -0.2) is 0 Å². The molecule has 0 heteroatoms. The van der Waals surface area contributed by atoms with Gasteiger partial charge in [0.15, 0.2) is 0 Å². The van der Waals surface area contributed by atoms with Crippen LogP contribution in [0.2, 0.25) is 0 Å². The van der Waals surface area contributed by atoms with E-state index in [2.05, 4.69) is 67.4 Å². The van der Waals surface area contributed by atoms with E-state index in [-0.39, 0.29) is 5.92 Å². The molecule has 0 aliphatic rings. The molecule has 0 aliphatic carbocycles. The van der Waals surface area contributed by atoms with Gasteiger partial charge in [0.1, 0.15) is 0 Å². The van der Waals surface area contributed by atoms with Gasteiger partial charge in [-0.25, -0.2) is 0 Å². The van der Waals surface area contributed by atoms with E-state index >= 15 is 0 Å². The molecule has 3 rings (SSSR count). The predicted octanol–water partition coefficient (Wildman–Crippen LogP) is 5.08. The maximum absolute atomic E-state index is 7.49. The molecule has 1 radical (unpaired) electrons. The first-order valence-corrected chi connectivity index (χ1v) is 6.67. The molecule has 0 aliphatic heterocycles. The fraction of sp³-hybridized carbons (Fsp3) is 0.158. The molecular weight excluding hydrogens is 228 g/mol. The fourth-order valence-electron chi connectivity index (χ4n) is 2.69. The van der Waals surface area contributed by atoms with Gasteiger partial charge in [-0.05, 0) is 52.1 Å². The minimum Gasteiger partial charge on any atom is -0.0809 e. The van der Waals surface area contributed by atoms with Crippen molar-refractivity contribution in [1.82, 2.24) is 0 Å². The van der Waals surface area contributed by atoms with Gasteiger partial charge >= 0.3 is 0 Å². The normalized spacial score (nSPS) is 12.4. The van der Waals surface area contributed by atoms with Crippen LogP contribution in [0.1, 0.15) is 24.8 Å². The molecule has 0 saturated heterocycles. The first kappa shape index (κ1) is 11.8. The lowest BCUT2D eigenvalue weighted by Crippen LogP contribution is -1.94. The van der Waals surface area contributed by atoms with Gasteiger partial charge in [0.25, 0.3) is 0 Å². The van der Waals surface area contributed by atoms with Crippen LogP contribution < -0.4 is 0 Å². The fourth-order valence-corrected chi connectivity index (χ4v) is 2.69. The highest BCUT2D eigenvalue weighted by Crippen LogP contribution is 2.30. The average molecular weight is 243 g/mol. The Kier molecular flexibility index (Phi) is 2.97. The Balaban J connectivity index is 2.35. The summed E-state index contributed by atoms with van der Waals surface area (Å²) in [5.74, 6) is 2.75. The molecule has 0 fully saturated rings. The van der Waals surface area contributed by atoms with E-state index in [0.717, 1.165) is 6.42 Å². The van der Waals surface area contributed by atoms with E-state index in [0.29, 0.717) is 0 Å². The summed E-state index contributed by atoms with van der Waals surface area (Å²) < 4.78 is 0. The van der Waals surface area contributed by atoms with Crippen LogP contribution in [0.5, 0.6) is 0 Å². The van der Waals surface area contributed by atoms with Crippen molar-refractivity contribution in [2.75, 3.05) is 0 Å². The summed E-state index contributed by atoms with van der Waals surface area (Å²) in [6.45, 7) is 2.10. The van der Waals surface area contributed by atoms with E-state index in [1.54, 1.807) is 0 Å². The minimum absolute atomic E-state index is 0.0878. The largest absolute Gasteiger partial charge is 0.0809 e. The number of benzene rings is 3. The Morgan fingerprint density at radius 1 is 0.947 bits per heavy atom. The lowest BCUT2D eigenvalue weighted by Gasteiger charge is -2.12. The second kappa shape index (κ2) is 4.78. The molecule has 0 aromatic heterocycles. The van der Waals surface area contributed by atoms with Crippen molar-refractivity contribution in [2.45, 2.75) is 19.3 Å². The standard InChI is InChI=1S/C19H15/c1-3-14(4-2)18-11-7-10-17-12-15-8-5-6-9-16(15)13-19(17)18/h5-14H,3H2,1H3. The van der Waals surface area contributed by atoms with Crippen molar-refractivity contribution < 1.29 is 0 Å². The van der Waals surface area contributed by atoms with Crippen LogP contribution in [0.3, 0.4) is 0 Å². The molecule has 91 valence electrons. The van der Waals surface area contributed by atoms with Crippen LogP contribution in [0.25, 0.3) is 21.5 Å². The summed E-state index contributed by atoms with van der Waals surface area (Å²) in [5.41, 5.74) is 1.21. The van der Waals surface area contributed by atoms with E-state index in [1.807, 2.05) is 0 Å². The highest BCUT2D eigenvalue weighted by molar-refractivity contribution is 5.99. The molecule has 1 unspecified atom stereocenters. The number of rotatable bonds is 2. The van der Waals surface area contributed by atoms with Gasteiger partial charge in [0.05, 0.1) is 0 Å². The lowest BCUT2D eigenvalue weighted by atomic mass is 9.91. The summed E-state index contributed by atoms with van der Waals surface area (Å²) in [5, 5.41) is 5.00. The number of fused-ring (bicyclic) bond motifs is 2. The van der Waals surface area contributed by atoms with Crippen LogP contribution >= 0.6 is 0 Å². The molecule has 0 saturated carbocycles. The van der Waals surface area contributed by atoms with Gasteiger partial charge in [-0.3, -0.25) is 0 Å². The van der Waals surface area contributed by atoms with Gasteiger partial charge in [-0.1, -0.05) is 55.3 Å². The quantitative estimate of drug-likeness (QED) is 0.435. The van der Waals surface area contributed by atoms with Gasteiger partial charge in [0.2, 0.25) is 0 Å². The van der Waals surface area contributed by atoms with Crippen LogP contribution in [0, 0.1) is 12.3 Å². The molecule has 1 atom stereocenters. The van der Waals surface area contributed by atoms with E-state index < -0.39 is 0 Å². The minimum atomic E-state index is 0.0878. The zero-order valence-corrected chi connectivity index (χ0v) is 11.0. The maximum Gasteiger partial charge on any atom is 0.0466 e. The highest BCUT2D eigenvalue weighted by atomic mass is 14.1. The molecule has 3 aromatic carbocycles. The second-order valence-electron chi connectivity index (χ2n) is 4.87. The van der Waals surface area contributed by atoms with Crippen molar-refractivity contribution >= 4 is 21.5 Å². The smallest absolute Gasteiger partial charge is 0.0466 e. The summed E-state index contributed by atoms with van der Waals surface area (Å²) in [6, 6.07) is 19.2. The van der Waals surface area contributed by atoms with E-state index in [1.165, 1.54) is 27.1 Å². The molecule has 0 amide bonds. The van der Waals surface area contributed by atoms with E-state index in [9.17, 15) is 0 Å². The summed E-state index contributed by atoms with van der Waals surface area (Å²) in [4.78, 5) is 0. The lowest BCUT2D eigenvalue weighted by molar-refractivity contribution is 0.837. The molecule has 0 N–H and O–H groups in total. The SMILES string of the molecule is [C]#CC(CC)c1cccc2cc3ccccc3cc12. The van der Waals surface area contributed by atoms with Crippen LogP contribution in [-0.2, 0) is 0 Å². The molecular formula is C19H15. The third kappa shape index (κ3) is 1.98. The second-order valence-corrected chi connectivity index (χ2v) is 4.87. The number of hydrogen-bond acceptors (Lipinski definition) is 0. The molecule has 0 spiro atoms. The first-order valence-electron chi connectivity index (χ1n) is 6.67. The predicted molar refractivity (Wildman–Crippen MR) is 81.6 cm³/mol. The topological polar surface area (TPSA) is 0 Å². The Hall–Kier alpha value is -2.26. The van der Waals surface area contributed by atoms with Crippen LogP contribution in [0.15, 0.2) is 54.6 Å². The summed E-state index contributed by atoms with van der Waals surface area (Å²) in [7, 11) is 0. The number of hydrogen-bond donors (Lipinski definition) is 0. The van der Waals surface area contributed by atoms with Crippen molar-refractivity contribution in [1.29, 1.82) is 0 Å². The molecule has 19 heavy (non-hydrogen) atoms. The van der Waals surface area contributed by atoms with Gasteiger partial charge < -0.3 is 0 Å². The summed E-state index contributed by atoms with van der Waals surface area (Å²) in [6.07, 6.45) is 8.40. The highest BCUT2D eigenvalue weighted by Gasteiger charge is 2.10. The maximum atomic E-state index is 7.49. The van der Waals surface area contributed by atoms with Gasteiger partial charge in [-0.2, -0.15) is 0 Å². The van der Waals surface area contributed by atoms with Crippen molar-refractivity contribution in [3.05, 3.63) is 66.6 Å². The Bertz CT molecular complexity index is 775. The van der Waals surface area contributed by atoms with E-state index in [4.69, 9.17) is 6.42 Å². The molecule has 0 bridgehead atoms. The Morgan fingerprint density at radius 2 is 1.63 bits per heavy atom. The molecule has 0 heterocycles. The van der Waals surface area contributed by atoms with Gasteiger partial charge in [-0.15, -0.1) is 0 Å². The molecule has 0 nitrogen and oxygen atoms in total. The molecule has 3 aromatic rings. The first-order chi connectivity index (χ1) is 9.33. The summed E-state index contributed by atoms with van der Waals surface area (Å²) >= 11 is 0. The van der Waals surface area contributed by atoms with Crippen molar-refractivity contribution in [3.63, 3.8) is 0 Å². The zero-order valence-electron chi connectivity index (χ0n) is 11.0. The van der Waals surface area contributed by atoms with Crippen molar-refractivity contribution in [3.8, 4) is 5.92 Å². The third-order valence-corrected chi connectivity index (χ3v) is 3.74. The Labute approximate surface area is 114 Å². The Morgan fingerprint density at radius 3 is 2.32 bits per heavy atom.